The molecule has 15 heavy (non-hydrogen) atoms. The van der Waals surface area contributed by atoms with Crippen molar-refractivity contribution in [2.24, 2.45) is 11.7 Å². The molecule has 0 aliphatic carbocycles. The second-order valence-corrected chi connectivity index (χ2v) is 5.48. The fourth-order valence-electron chi connectivity index (χ4n) is 1.19. The molecule has 3 N–H and O–H groups in total. The molecule has 5 heteroatoms. The maximum Gasteiger partial charge on any atom is 0.140 e. The van der Waals surface area contributed by atoms with Gasteiger partial charge in [0.2, 0.25) is 0 Å². The summed E-state index contributed by atoms with van der Waals surface area (Å²) < 4.78 is 1.89. The van der Waals surface area contributed by atoms with E-state index in [1.165, 1.54) is 0 Å². The van der Waals surface area contributed by atoms with Gasteiger partial charge in [-0.2, -0.15) is 0 Å². The molecule has 0 saturated heterocycles. The van der Waals surface area contributed by atoms with Crippen LogP contribution in [0.5, 0.6) is 0 Å². The number of hydrogen-bond donors (Lipinski definition) is 2. The van der Waals surface area contributed by atoms with E-state index < -0.39 is 0 Å². The van der Waals surface area contributed by atoms with Crippen LogP contribution < -0.4 is 11.1 Å². The summed E-state index contributed by atoms with van der Waals surface area (Å²) in [4.78, 5) is 4.29. The largest absolute Gasteiger partial charge is 0.365 e. The number of rotatable bonds is 4. The van der Waals surface area contributed by atoms with E-state index in [-0.39, 0.29) is 6.04 Å². The Kier molecular flexibility index (Phi) is 5.02. The minimum Gasteiger partial charge on any atom is -0.365 e. The molecule has 1 atom stereocenters. The van der Waals surface area contributed by atoms with Gasteiger partial charge in [0, 0.05) is 23.3 Å². The summed E-state index contributed by atoms with van der Waals surface area (Å²) in [5, 5.41) is 3.32. The summed E-state index contributed by atoms with van der Waals surface area (Å²) in [6.07, 6.45) is 1.76. The van der Waals surface area contributed by atoms with Gasteiger partial charge >= 0.3 is 0 Å². The summed E-state index contributed by atoms with van der Waals surface area (Å²) in [6, 6.07) is 2.21. The van der Waals surface area contributed by atoms with Crippen molar-refractivity contribution in [1.29, 1.82) is 0 Å². The normalized spacial score (nSPS) is 12.9. The molecule has 0 aliphatic heterocycles. The second kappa shape index (κ2) is 5.82. The zero-order valence-electron chi connectivity index (χ0n) is 8.80. The van der Waals surface area contributed by atoms with Gasteiger partial charge < -0.3 is 11.1 Å². The van der Waals surface area contributed by atoms with Crippen LogP contribution in [0.1, 0.15) is 13.8 Å². The van der Waals surface area contributed by atoms with Gasteiger partial charge in [-0.1, -0.05) is 13.8 Å². The molecule has 0 aromatic carbocycles. The third-order valence-electron chi connectivity index (χ3n) is 2.19. The number of nitrogens with two attached hydrogens (primary N) is 1. The molecule has 0 bridgehead atoms. The first kappa shape index (κ1) is 12.9. The van der Waals surface area contributed by atoms with Crippen molar-refractivity contribution < 1.29 is 0 Å². The van der Waals surface area contributed by atoms with Crippen molar-refractivity contribution >= 4 is 37.7 Å². The highest BCUT2D eigenvalue weighted by molar-refractivity contribution is 9.11. The van der Waals surface area contributed by atoms with Crippen molar-refractivity contribution in [2.75, 3.05) is 11.9 Å². The van der Waals surface area contributed by atoms with E-state index in [2.05, 4.69) is 56.0 Å². The van der Waals surface area contributed by atoms with Gasteiger partial charge in [-0.15, -0.1) is 0 Å². The van der Waals surface area contributed by atoms with Crippen LogP contribution in [-0.2, 0) is 0 Å². The Hall–Kier alpha value is -0.130. The van der Waals surface area contributed by atoms with Gasteiger partial charge in [-0.3, -0.25) is 0 Å². The quantitative estimate of drug-likeness (QED) is 0.888. The number of hydrogen-bond acceptors (Lipinski definition) is 3. The zero-order chi connectivity index (χ0) is 11.4. The third-order valence-corrected chi connectivity index (χ3v) is 3.23. The maximum atomic E-state index is 5.69. The highest BCUT2D eigenvalue weighted by Crippen LogP contribution is 2.24. The molecule has 1 aromatic rings. The number of halogens is 2. The van der Waals surface area contributed by atoms with E-state index in [0.29, 0.717) is 12.5 Å². The third kappa shape index (κ3) is 3.74. The van der Waals surface area contributed by atoms with Crippen molar-refractivity contribution in [3.63, 3.8) is 0 Å². The Morgan fingerprint density at radius 2 is 2.13 bits per heavy atom. The SMILES string of the molecule is CC(C)C(CN)Nc1ncc(Br)cc1Br. The van der Waals surface area contributed by atoms with Gasteiger partial charge in [0.1, 0.15) is 5.82 Å². The Labute approximate surface area is 107 Å². The lowest BCUT2D eigenvalue weighted by atomic mass is 10.1. The monoisotopic (exact) mass is 335 g/mol. The molecule has 1 heterocycles. The fraction of sp³-hybridized carbons (Fsp3) is 0.500. The standard InChI is InChI=1S/C10H15Br2N3/c1-6(2)9(4-13)15-10-8(12)3-7(11)5-14-10/h3,5-6,9H,4,13H2,1-2H3,(H,14,15). The first-order valence-electron chi connectivity index (χ1n) is 4.82. The summed E-state index contributed by atoms with van der Waals surface area (Å²) in [6.45, 7) is 4.87. The van der Waals surface area contributed by atoms with E-state index in [9.17, 15) is 0 Å². The minimum absolute atomic E-state index is 0.245. The Morgan fingerprint density at radius 3 is 2.60 bits per heavy atom. The number of nitrogens with zero attached hydrogens (tertiary/aromatic N) is 1. The topological polar surface area (TPSA) is 50.9 Å². The highest BCUT2D eigenvalue weighted by atomic mass is 79.9. The molecule has 0 amide bonds. The van der Waals surface area contributed by atoms with Gasteiger partial charge in [-0.05, 0) is 43.8 Å². The summed E-state index contributed by atoms with van der Waals surface area (Å²) in [7, 11) is 0. The summed E-state index contributed by atoms with van der Waals surface area (Å²) >= 11 is 6.82. The van der Waals surface area contributed by atoms with Crippen LogP contribution >= 0.6 is 31.9 Å². The van der Waals surface area contributed by atoms with Crippen molar-refractivity contribution in [3.8, 4) is 0 Å². The predicted molar refractivity (Wildman–Crippen MR) is 70.9 cm³/mol. The average molecular weight is 337 g/mol. The molecule has 84 valence electrons. The van der Waals surface area contributed by atoms with Crippen LogP contribution in [0.25, 0.3) is 0 Å². The number of nitrogens with one attached hydrogen (secondary N) is 1. The van der Waals surface area contributed by atoms with E-state index >= 15 is 0 Å². The maximum absolute atomic E-state index is 5.69. The minimum atomic E-state index is 0.245. The summed E-state index contributed by atoms with van der Waals surface area (Å²) in [5.41, 5.74) is 5.69. The van der Waals surface area contributed by atoms with E-state index in [0.717, 1.165) is 14.8 Å². The molecular weight excluding hydrogens is 322 g/mol. The van der Waals surface area contributed by atoms with E-state index in [1.54, 1.807) is 6.20 Å². The van der Waals surface area contributed by atoms with Crippen LogP contribution in [0.3, 0.4) is 0 Å². The predicted octanol–water partition coefficient (Wildman–Crippen LogP) is 3.00. The van der Waals surface area contributed by atoms with Crippen molar-refractivity contribution in [1.82, 2.24) is 4.98 Å². The van der Waals surface area contributed by atoms with Crippen LogP contribution in [0, 0.1) is 5.92 Å². The zero-order valence-corrected chi connectivity index (χ0v) is 12.0. The molecule has 0 radical (unpaired) electrons. The number of anilines is 1. The van der Waals surface area contributed by atoms with E-state index in [1.807, 2.05) is 6.07 Å². The van der Waals surface area contributed by atoms with Crippen LogP contribution in [0.15, 0.2) is 21.2 Å². The van der Waals surface area contributed by atoms with Crippen LogP contribution in [-0.4, -0.2) is 17.6 Å². The van der Waals surface area contributed by atoms with Crippen LogP contribution in [0.4, 0.5) is 5.82 Å². The second-order valence-electron chi connectivity index (χ2n) is 3.71. The molecule has 0 fully saturated rings. The lowest BCUT2D eigenvalue weighted by Gasteiger charge is -2.21. The lowest BCUT2D eigenvalue weighted by molar-refractivity contribution is 0.530. The first-order chi connectivity index (χ1) is 7.04. The Morgan fingerprint density at radius 1 is 1.47 bits per heavy atom. The molecule has 1 unspecified atom stereocenters. The molecule has 1 aromatic heterocycles. The van der Waals surface area contributed by atoms with Crippen molar-refractivity contribution in [2.45, 2.75) is 19.9 Å². The Bertz CT molecular complexity index is 328. The average Bonchev–Trinajstić information content (AvgIpc) is 2.16. The summed E-state index contributed by atoms with van der Waals surface area (Å²) in [5.74, 6) is 1.31. The fourth-order valence-corrected chi connectivity index (χ4v) is 2.30. The smallest absolute Gasteiger partial charge is 0.140 e. The van der Waals surface area contributed by atoms with Gasteiger partial charge in [0.25, 0.3) is 0 Å². The van der Waals surface area contributed by atoms with Gasteiger partial charge in [-0.25, -0.2) is 4.98 Å². The molecule has 0 saturated carbocycles. The molecule has 1 rings (SSSR count). The first-order valence-corrected chi connectivity index (χ1v) is 6.40. The molecule has 0 aliphatic rings. The van der Waals surface area contributed by atoms with Crippen molar-refractivity contribution in [3.05, 3.63) is 21.2 Å². The highest BCUT2D eigenvalue weighted by Gasteiger charge is 2.13. The number of pyridine rings is 1. The van der Waals surface area contributed by atoms with Gasteiger partial charge in [0.15, 0.2) is 0 Å². The number of aromatic nitrogens is 1. The molecule has 3 nitrogen and oxygen atoms in total. The Balaban J connectivity index is 2.79. The molecular formula is C10H15Br2N3. The van der Waals surface area contributed by atoms with E-state index in [4.69, 9.17) is 5.73 Å². The lowest BCUT2D eigenvalue weighted by Crippen LogP contribution is -2.34. The molecule has 0 spiro atoms. The van der Waals surface area contributed by atoms with Gasteiger partial charge in [0.05, 0.1) is 4.47 Å². The van der Waals surface area contributed by atoms with Crippen LogP contribution in [0.2, 0.25) is 0 Å².